The highest BCUT2D eigenvalue weighted by atomic mass is 32.2. The summed E-state index contributed by atoms with van der Waals surface area (Å²) in [7, 11) is -2.14. The molecule has 0 radical (unpaired) electrons. The van der Waals surface area contributed by atoms with Crippen LogP contribution in [0.15, 0.2) is 65.6 Å². The molecule has 0 atom stereocenters. The number of benzene rings is 2. The van der Waals surface area contributed by atoms with Crippen molar-refractivity contribution >= 4 is 38.2 Å². The van der Waals surface area contributed by atoms with Gasteiger partial charge in [0, 0.05) is 23.9 Å². The van der Waals surface area contributed by atoms with E-state index in [1.807, 2.05) is 30.3 Å². The molecule has 2 heterocycles. The fourth-order valence-electron chi connectivity index (χ4n) is 3.88. The number of carbonyl (C=O) groups is 2. The third-order valence-corrected chi connectivity index (χ3v) is 8.83. The van der Waals surface area contributed by atoms with Crippen LogP contribution >= 0.6 is 11.3 Å². The predicted molar refractivity (Wildman–Crippen MR) is 131 cm³/mol. The van der Waals surface area contributed by atoms with Crippen LogP contribution in [0.2, 0.25) is 0 Å². The summed E-state index contributed by atoms with van der Waals surface area (Å²) >= 11 is 1.29. The highest BCUT2D eigenvalue weighted by Crippen LogP contribution is 2.36. The molecule has 1 saturated heterocycles. The van der Waals surface area contributed by atoms with Crippen LogP contribution in [0.5, 0.6) is 5.75 Å². The van der Waals surface area contributed by atoms with Crippen molar-refractivity contribution in [3.63, 3.8) is 0 Å². The molecule has 3 aromatic rings. The van der Waals surface area contributed by atoms with Gasteiger partial charge in [-0.15, -0.1) is 11.3 Å². The lowest BCUT2D eigenvalue weighted by atomic mass is 9.97. The third kappa shape index (κ3) is 4.98. The monoisotopic (exact) mass is 499 g/mol. The van der Waals surface area contributed by atoms with E-state index in [9.17, 15) is 18.0 Å². The molecule has 2 amide bonds. The van der Waals surface area contributed by atoms with Gasteiger partial charge in [-0.2, -0.15) is 4.31 Å². The molecular formula is C24H25N3O5S2. The van der Waals surface area contributed by atoms with Crippen LogP contribution in [0, 0.1) is 5.92 Å². The van der Waals surface area contributed by atoms with E-state index in [1.165, 1.54) is 34.9 Å². The zero-order valence-corrected chi connectivity index (χ0v) is 20.2. The van der Waals surface area contributed by atoms with Crippen molar-refractivity contribution in [3.8, 4) is 16.2 Å². The molecule has 3 N–H and O–H groups in total. The minimum Gasteiger partial charge on any atom is -0.497 e. The lowest BCUT2D eigenvalue weighted by Crippen LogP contribution is -2.41. The summed E-state index contributed by atoms with van der Waals surface area (Å²) < 4.78 is 32.4. The Labute approximate surface area is 202 Å². The number of thiophene rings is 1. The van der Waals surface area contributed by atoms with E-state index in [1.54, 1.807) is 18.2 Å². The molecule has 2 aromatic carbocycles. The zero-order valence-electron chi connectivity index (χ0n) is 18.6. The third-order valence-electron chi connectivity index (χ3n) is 5.81. The van der Waals surface area contributed by atoms with Crippen molar-refractivity contribution in [1.29, 1.82) is 0 Å². The number of rotatable bonds is 7. The Kier molecular flexibility index (Phi) is 7.01. The molecule has 0 saturated carbocycles. The van der Waals surface area contributed by atoms with Crippen LogP contribution in [0.25, 0.3) is 10.4 Å². The molecule has 4 rings (SSSR count). The van der Waals surface area contributed by atoms with E-state index in [-0.39, 0.29) is 35.4 Å². The first-order valence-corrected chi connectivity index (χ1v) is 13.0. The summed E-state index contributed by atoms with van der Waals surface area (Å²) in [5, 5.41) is 3.25. The first-order valence-electron chi connectivity index (χ1n) is 10.7. The molecule has 0 spiro atoms. The normalized spacial score (nSPS) is 15.1. The van der Waals surface area contributed by atoms with Gasteiger partial charge in [0.25, 0.3) is 5.91 Å². The smallest absolute Gasteiger partial charge is 0.251 e. The average Bonchev–Trinajstić information content (AvgIpc) is 3.29. The molecule has 0 aliphatic carbocycles. The molecule has 1 aliphatic heterocycles. The molecule has 1 aliphatic rings. The van der Waals surface area contributed by atoms with Gasteiger partial charge in [0.1, 0.15) is 10.8 Å². The van der Waals surface area contributed by atoms with Crippen molar-refractivity contribution < 1.29 is 22.7 Å². The number of amides is 2. The summed E-state index contributed by atoms with van der Waals surface area (Å²) in [6.07, 6.45) is 0.758. The summed E-state index contributed by atoms with van der Waals surface area (Å²) in [4.78, 5) is 25.9. The number of nitrogens with two attached hydrogens (primary N) is 1. The van der Waals surface area contributed by atoms with Gasteiger partial charge in [0.05, 0.1) is 17.6 Å². The van der Waals surface area contributed by atoms with Crippen molar-refractivity contribution in [1.82, 2.24) is 4.31 Å². The highest BCUT2D eigenvalue weighted by Gasteiger charge is 2.32. The molecule has 10 heteroatoms. The first-order chi connectivity index (χ1) is 16.3. The number of ether oxygens (including phenoxy) is 1. The standard InChI is InChI=1S/C24H25N3O5S2/c1-32-18-7-9-19(10-8-18)34(30,31)27-13-11-17(12-14-27)23(29)26-24-20(22(25)28)15-21(33-24)16-5-3-2-4-6-16/h2-10,15,17H,11-14H2,1H3,(H2,25,28)(H,26,29). The number of hydrogen-bond acceptors (Lipinski definition) is 6. The Morgan fingerprint density at radius 1 is 1.06 bits per heavy atom. The van der Waals surface area contributed by atoms with Crippen LogP contribution in [0.4, 0.5) is 5.00 Å². The highest BCUT2D eigenvalue weighted by molar-refractivity contribution is 7.89. The second-order valence-electron chi connectivity index (χ2n) is 7.93. The minimum absolute atomic E-state index is 0.189. The average molecular weight is 500 g/mol. The maximum Gasteiger partial charge on any atom is 0.251 e. The van der Waals surface area contributed by atoms with Crippen LogP contribution in [0.1, 0.15) is 23.2 Å². The fourth-order valence-corrected chi connectivity index (χ4v) is 6.42. The van der Waals surface area contributed by atoms with Gasteiger partial charge in [-0.25, -0.2) is 8.42 Å². The van der Waals surface area contributed by atoms with E-state index >= 15 is 0 Å². The van der Waals surface area contributed by atoms with E-state index in [0.717, 1.165) is 10.4 Å². The Balaban J connectivity index is 1.43. The minimum atomic E-state index is -3.65. The van der Waals surface area contributed by atoms with Gasteiger partial charge in [0.15, 0.2) is 0 Å². The van der Waals surface area contributed by atoms with E-state index in [2.05, 4.69) is 5.32 Å². The molecule has 1 aromatic heterocycles. The maximum atomic E-state index is 12.9. The van der Waals surface area contributed by atoms with Gasteiger partial charge in [-0.3, -0.25) is 9.59 Å². The maximum absolute atomic E-state index is 12.9. The van der Waals surface area contributed by atoms with Crippen molar-refractivity contribution in [3.05, 3.63) is 66.2 Å². The number of piperidine rings is 1. The van der Waals surface area contributed by atoms with Crippen molar-refractivity contribution in [2.75, 3.05) is 25.5 Å². The van der Waals surface area contributed by atoms with Gasteiger partial charge in [-0.05, 0) is 48.7 Å². The number of sulfonamides is 1. The summed E-state index contributed by atoms with van der Waals surface area (Å²) in [5.41, 5.74) is 6.72. The van der Waals surface area contributed by atoms with Crippen LogP contribution in [-0.2, 0) is 14.8 Å². The van der Waals surface area contributed by atoms with Crippen LogP contribution < -0.4 is 15.8 Å². The largest absolute Gasteiger partial charge is 0.497 e. The zero-order chi connectivity index (χ0) is 24.3. The van der Waals surface area contributed by atoms with Crippen molar-refractivity contribution in [2.24, 2.45) is 11.7 Å². The number of primary amides is 1. The number of hydrogen-bond donors (Lipinski definition) is 2. The Morgan fingerprint density at radius 3 is 2.29 bits per heavy atom. The van der Waals surface area contributed by atoms with Gasteiger partial charge < -0.3 is 15.8 Å². The molecular weight excluding hydrogens is 474 g/mol. The number of nitrogens with zero attached hydrogens (tertiary/aromatic N) is 1. The van der Waals surface area contributed by atoms with Crippen LogP contribution in [0.3, 0.4) is 0 Å². The number of methoxy groups -OCH3 is 1. The Hall–Kier alpha value is -3.21. The lowest BCUT2D eigenvalue weighted by molar-refractivity contribution is -0.120. The topological polar surface area (TPSA) is 119 Å². The second kappa shape index (κ2) is 9.96. The SMILES string of the molecule is COc1ccc(S(=O)(=O)N2CCC(C(=O)Nc3sc(-c4ccccc4)cc3C(N)=O)CC2)cc1. The summed E-state index contributed by atoms with van der Waals surface area (Å²) in [6.45, 7) is 0.462. The Bertz CT molecular complexity index is 1280. The Morgan fingerprint density at radius 2 is 1.71 bits per heavy atom. The summed E-state index contributed by atoms with van der Waals surface area (Å²) in [6, 6.07) is 17.4. The van der Waals surface area contributed by atoms with E-state index in [4.69, 9.17) is 10.5 Å². The van der Waals surface area contributed by atoms with Crippen molar-refractivity contribution in [2.45, 2.75) is 17.7 Å². The predicted octanol–water partition coefficient (Wildman–Crippen LogP) is 3.56. The van der Waals surface area contributed by atoms with Crippen LogP contribution in [-0.4, -0.2) is 44.7 Å². The second-order valence-corrected chi connectivity index (χ2v) is 10.9. The van der Waals surface area contributed by atoms with E-state index < -0.39 is 15.9 Å². The summed E-state index contributed by atoms with van der Waals surface area (Å²) in [5.74, 6) is -0.654. The molecule has 178 valence electrons. The molecule has 8 nitrogen and oxygen atoms in total. The van der Waals surface area contributed by atoms with Gasteiger partial charge >= 0.3 is 0 Å². The fraction of sp³-hybridized carbons (Fsp3) is 0.250. The van der Waals surface area contributed by atoms with E-state index in [0.29, 0.717) is 23.6 Å². The first kappa shape index (κ1) is 23.9. The number of carbonyl (C=O) groups excluding carboxylic acids is 2. The molecule has 0 unspecified atom stereocenters. The number of anilines is 1. The quantitative estimate of drug-likeness (QED) is 0.515. The molecule has 1 fully saturated rings. The molecule has 0 bridgehead atoms. The molecule has 34 heavy (non-hydrogen) atoms. The van der Waals surface area contributed by atoms with Gasteiger partial charge in [0.2, 0.25) is 15.9 Å². The lowest BCUT2D eigenvalue weighted by Gasteiger charge is -2.30. The van der Waals surface area contributed by atoms with Gasteiger partial charge in [-0.1, -0.05) is 30.3 Å². The number of nitrogens with one attached hydrogen (secondary N) is 1.